The van der Waals surface area contributed by atoms with Crippen molar-refractivity contribution in [2.24, 2.45) is 0 Å². The topological polar surface area (TPSA) is 82.1 Å². The Kier molecular flexibility index (Phi) is 12.9. The summed E-state index contributed by atoms with van der Waals surface area (Å²) in [4.78, 5) is 21.7. The molecule has 0 saturated heterocycles. The minimum absolute atomic E-state index is 0.00669. The summed E-state index contributed by atoms with van der Waals surface area (Å²) in [6, 6.07) is 9.80. The molecule has 154 valence electrons. The molecule has 0 bridgehead atoms. The largest absolute Gasteiger partial charge is 0.471 e. The van der Waals surface area contributed by atoms with Gasteiger partial charge in [-0.3, -0.25) is 13.8 Å². The average Bonchev–Trinajstić information content (AvgIpc) is 2.68. The molecule has 0 spiro atoms. The van der Waals surface area contributed by atoms with Crippen molar-refractivity contribution in [3.63, 3.8) is 0 Å². The first-order chi connectivity index (χ1) is 13.0. The van der Waals surface area contributed by atoms with E-state index in [0.717, 1.165) is 43.7 Å². The summed E-state index contributed by atoms with van der Waals surface area (Å²) in [5.41, 5.74) is 1.10. The Bertz CT molecular complexity index is 569. The standard InChI is InChI=1S/C19H31O6PS/c1-3-4-5-9-14-24-15-18(16-25-26(21,22)23-2)27-19(20)13-12-17-10-7-6-8-11-17/h6-8,10-11,18H,3-5,9,12-16H2,1-2H3,(H,21,22)/t18-/m0/s1. The van der Waals surface area contributed by atoms with Gasteiger partial charge in [0.05, 0.1) is 18.5 Å². The highest BCUT2D eigenvalue weighted by atomic mass is 32.2. The number of phosphoric acid groups is 1. The molecule has 0 heterocycles. The molecule has 1 aromatic rings. The lowest BCUT2D eigenvalue weighted by atomic mass is 10.1. The zero-order valence-electron chi connectivity index (χ0n) is 16.2. The molecule has 0 amide bonds. The Morgan fingerprint density at radius 2 is 1.93 bits per heavy atom. The van der Waals surface area contributed by atoms with Crippen molar-refractivity contribution in [3.8, 4) is 0 Å². The Hall–Kier alpha value is -0.690. The molecule has 0 aliphatic carbocycles. The molecular formula is C19H31O6PS. The molecule has 8 heteroatoms. The van der Waals surface area contributed by atoms with Gasteiger partial charge in [-0.25, -0.2) is 4.57 Å². The highest BCUT2D eigenvalue weighted by Gasteiger charge is 2.23. The molecule has 0 aliphatic rings. The third-order valence-electron chi connectivity index (χ3n) is 3.86. The van der Waals surface area contributed by atoms with Crippen molar-refractivity contribution in [2.75, 3.05) is 26.9 Å². The molecule has 0 fully saturated rings. The minimum atomic E-state index is -4.07. The fraction of sp³-hybridized carbons (Fsp3) is 0.632. The van der Waals surface area contributed by atoms with Gasteiger partial charge >= 0.3 is 7.82 Å². The molecule has 0 aliphatic heterocycles. The first-order valence-corrected chi connectivity index (χ1v) is 11.7. The zero-order chi connectivity index (χ0) is 20.0. The van der Waals surface area contributed by atoms with Crippen LogP contribution in [0.5, 0.6) is 0 Å². The molecule has 1 N–H and O–H groups in total. The predicted molar refractivity (Wildman–Crippen MR) is 109 cm³/mol. The van der Waals surface area contributed by atoms with E-state index >= 15 is 0 Å². The van der Waals surface area contributed by atoms with E-state index in [9.17, 15) is 14.3 Å². The van der Waals surface area contributed by atoms with Gasteiger partial charge in [0.2, 0.25) is 0 Å². The highest BCUT2D eigenvalue weighted by Crippen LogP contribution is 2.42. The zero-order valence-corrected chi connectivity index (χ0v) is 17.9. The van der Waals surface area contributed by atoms with Gasteiger partial charge in [-0.15, -0.1) is 0 Å². The van der Waals surface area contributed by atoms with Crippen LogP contribution in [-0.2, 0) is 29.6 Å². The molecule has 2 atom stereocenters. The maximum atomic E-state index is 12.3. The molecule has 1 rings (SSSR count). The van der Waals surface area contributed by atoms with Gasteiger partial charge in [0.15, 0.2) is 5.12 Å². The normalized spacial score (nSPS) is 14.6. The minimum Gasteiger partial charge on any atom is -0.380 e. The predicted octanol–water partition coefficient (Wildman–Crippen LogP) is 4.61. The Morgan fingerprint density at radius 3 is 2.59 bits per heavy atom. The summed E-state index contributed by atoms with van der Waals surface area (Å²) in [6.07, 6.45) is 5.45. The van der Waals surface area contributed by atoms with E-state index in [-0.39, 0.29) is 23.6 Å². The van der Waals surface area contributed by atoms with E-state index in [1.807, 2.05) is 30.3 Å². The van der Waals surface area contributed by atoms with Crippen molar-refractivity contribution in [1.29, 1.82) is 0 Å². The van der Waals surface area contributed by atoms with Gasteiger partial charge in [0.25, 0.3) is 0 Å². The van der Waals surface area contributed by atoms with Crippen LogP contribution in [0.15, 0.2) is 30.3 Å². The second-order valence-electron chi connectivity index (χ2n) is 6.18. The fourth-order valence-electron chi connectivity index (χ4n) is 2.33. The van der Waals surface area contributed by atoms with Crippen LogP contribution in [0.2, 0.25) is 0 Å². The molecule has 0 saturated carbocycles. The lowest BCUT2D eigenvalue weighted by Crippen LogP contribution is -2.21. The Balaban J connectivity index is 2.42. The molecule has 0 aromatic heterocycles. The lowest BCUT2D eigenvalue weighted by molar-refractivity contribution is -0.111. The van der Waals surface area contributed by atoms with Crippen LogP contribution >= 0.6 is 19.6 Å². The Morgan fingerprint density at radius 1 is 1.19 bits per heavy atom. The van der Waals surface area contributed by atoms with Gasteiger partial charge in [-0.1, -0.05) is 68.3 Å². The number of thioether (sulfide) groups is 1. The summed E-state index contributed by atoms with van der Waals surface area (Å²) in [7, 11) is -2.96. The number of aryl methyl sites for hydroxylation is 1. The first kappa shape index (κ1) is 24.3. The van der Waals surface area contributed by atoms with E-state index in [1.165, 1.54) is 6.42 Å². The summed E-state index contributed by atoms with van der Waals surface area (Å²) in [5.74, 6) is 0. The lowest BCUT2D eigenvalue weighted by Gasteiger charge is -2.17. The van der Waals surface area contributed by atoms with Gasteiger partial charge < -0.3 is 9.63 Å². The van der Waals surface area contributed by atoms with Crippen LogP contribution in [0, 0.1) is 0 Å². The number of carbonyl (C=O) groups is 1. The average molecular weight is 418 g/mol. The number of rotatable bonds is 15. The van der Waals surface area contributed by atoms with E-state index in [1.54, 1.807) is 0 Å². The number of unbranched alkanes of at least 4 members (excludes halogenated alkanes) is 3. The van der Waals surface area contributed by atoms with E-state index in [4.69, 9.17) is 9.26 Å². The van der Waals surface area contributed by atoms with Crippen LogP contribution in [0.25, 0.3) is 0 Å². The number of hydrogen-bond acceptors (Lipinski definition) is 6. The highest BCUT2D eigenvalue weighted by molar-refractivity contribution is 8.14. The third kappa shape index (κ3) is 12.4. The maximum absolute atomic E-state index is 12.3. The quantitative estimate of drug-likeness (QED) is 0.329. The van der Waals surface area contributed by atoms with Gasteiger partial charge in [-0.2, -0.15) is 0 Å². The van der Waals surface area contributed by atoms with Crippen LogP contribution in [0.4, 0.5) is 0 Å². The maximum Gasteiger partial charge on any atom is 0.471 e. The second-order valence-corrected chi connectivity index (χ2v) is 9.10. The number of carbonyl (C=O) groups excluding carboxylic acids is 1. The van der Waals surface area contributed by atoms with Gasteiger partial charge in [0, 0.05) is 20.1 Å². The molecular weight excluding hydrogens is 387 g/mol. The van der Waals surface area contributed by atoms with Crippen molar-refractivity contribution in [3.05, 3.63) is 35.9 Å². The fourth-order valence-corrected chi connectivity index (χ4v) is 3.79. The van der Waals surface area contributed by atoms with Crippen molar-refractivity contribution in [2.45, 2.75) is 50.7 Å². The monoisotopic (exact) mass is 418 g/mol. The number of hydrogen-bond donors (Lipinski definition) is 1. The second kappa shape index (κ2) is 14.3. The molecule has 0 radical (unpaired) electrons. The van der Waals surface area contributed by atoms with Gasteiger partial charge in [-0.05, 0) is 18.4 Å². The van der Waals surface area contributed by atoms with Gasteiger partial charge in [0.1, 0.15) is 0 Å². The summed E-state index contributed by atoms with van der Waals surface area (Å²) in [5, 5.41) is -0.345. The molecule has 27 heavy (non-hydrogen) atoms. The van der Waals surface area contributed by atoms with Crippen molar-refractivity contribution < 1.29 is 28.0 Å². The van der Waals surface area contributed by atoms with Crippen LogP contribution < -0.4 is 0 Å². The van der Waals surface area contributed by atoms with E-state index in [2.05, 4.69) is 11.4 Å². The molecule has 1 unspecified atom stereocenters. The first-order valence-electron chi connectivity index (χ1n) is 9.31. The smallest absolute Gasteiger partial charge is 0.380 e. The van der Waals surface area contributed by atoms with Crippen LogP contribution in [0.1, 0.15) is 44.6 Å². The molecule has 6 nitrogen and oxygen atoms in total. The SMILES string of the molecule is CCCCCCOC[C@@H](COP(=O)(O)OC)SC(=O)CCc1ccccc1. The summed E-state index contributed by atoms with van der Waals surface area (Å²) in [6.45, 7) is 2.96. The summed E-state index contributed by atoms with van der Waals surface area (Å²) >= 11 is 1.11. The van der Waals surface area contributed by atoms with Crippen molar-refractivity contribution in [1.82, 2.24) is 0 Å². The number of ether oxygens (including phenoxy) is 1. The van der Waals surface area contributed by atoms with Crippen LogP contribution in [-0.4, -0.2) is 42.2 Å². The van der Waals surface area contributed by atoms with E-state index in [0.29, 0.717) is 19.4 Å². The van der Waals surface area contributed by atoms with Crippen molar-refractivity contribution >= 4 is 24.7 Å². The number of benzene rings is 1. The summed E-state index contributed by atoms with van der Waals surface area (Å²) < 4.78 is 26.5. The van der Waals surface area contributed by atoms with E-state index < -0.39 is 7.82 Å². The Labute approximate surface area is 166 Å². The van der Waals surface area contributed by atoms with Crippen LogP contribution in [0.3, 0.4) is 0 Å². The molecule has 1 aromatic carbocycles. The number of phosphoric ester groups is 1. The third-order valence-corrected chi connectivity index (χ3v) is 5.87.